The van der Waals surface area contributed by atoms with Crippen LogP contribution in [-0.2, 0) is 0 Å². The van der Waals surface area contributed by atoms with Crippen molar-refractivity contribution in [3.05, 3.63) is 51.6 Å². The molecule has 0 atom stereocenters. The predicted octanol–water partition coefficient (Wildman–Crippen LogP) is 3.41. The Morgan fingerprint density at radius 2 is 2.00 bits per heavy atom. The van der Waals surface area contributed by atoms with Gasteiger partial charge in [-0.2, -0.15) is 0 Å². The molecule has 1 aromatic carbocycles. The number of hydrogen-bond donors (Lipinski definition) is 0. The fourth-order valence-electron chi connectivity index (χ4n) is 1.61. The largest absolute Gasteiger partial charge is 0.290 e. The first kappa shape index (κ1) is 9.75. The highest BCUT2D eigenvalue weighted by Crippen LogP contribution is 2.33. The smallest absolute Gasteiger partial charge is 0.181 e. The topological polar surface area (TPSA) is 30.0 Å². The van der Waals surface area contributed by atoms with Crippen LogP contribution in [0, 0.1) is 0 Å². The van der Waals surface area contributed by atoms with E-state index in [1.807, 2.05) is 24.3 Å². The van der Waals surface area contributed by atoms with Crippen molar-refractivity contribution in [3.63, 3.8) is 0 Å². The molecule has 0 spiro atoms. The molecule has 0 radical (unpaired) electrons. The van der Waals surface area contributed by atoms with E-state index in [0.29, 0.717) is 10.7 Å². The van der Waals surface area contributed by atoms with E-state index in [9.17, 15) is 4.79 Å². The molecule has 2 nitrogen and oxygen atoms in total. The van der Waals surface area contributed by atoms with Gasteiger partial charge in [-0.15, -0.1) is 11.3 Å². The van der Waals surface area contributed by atoms with Crippen LogP contribution in [-0.4, -0.2) is 4.98 Å². The molecular formula is C12H6ClNOS. The van der Waals surface area contributed by atoms with Crippen LogP contribution in [0.25, 0.3) is 20.8 Å². The van der Waals surface area contributed by atoms with Crippen LogP contribution in [0.5, 0.6) is 0 Å². The Labute approximate surface area is 100 Å². The summed E-state index contributed by atoms with van der Waals surface area (Å²) >= 11 is 7.54. The van der Waals surface area contributed by atoms with Crippen molar-refractivity contribution < 1.29 is 0 Å². The summed E-state index contributed by atoms with van der Waals surface area (Å²) < 4.78 is 1.05. The minimum absolute atomic E-state index is 0.0779. The average molecular weight is 248 g/mol. The second-order valence-corrected chi connectivity index (χ2v) is 4.92. The minimum Gasteiger partial charge on any atom is -0.290 e. The van der Waals surface area contributed by atoms with Crippen LogP contribution in [0.1, 0.15) is 0 Å². The second-order valence-electron chi connectivity index (χ2n) is 3.43. The van der Waals surface area contributed by atoms with E-state index < -0.39 is 0 Å². The normalized spacial score (nSPS) is 11.1. The number of halogens is 1. The van der Waals surface area contributed by atoms with Crippen LogP contribution in [0.3, 0.4) is 0 Å². The molecule has 0 bridgehead atoms. The summed E-state index contributed by atoms with van der Waals surface area (Å²) in [4.78, 5) is 16.6. The number of nitrogens with zero attached hydrogens (tertiary/aromatic N) is 1. The van der Waals surface area contributed by atoms with Gasteiger partial charge in [-0.1, -0.05) is 23.7 Å². The lowest BCUT2D eigenvalue weighted by Gasteiger charge is -2.06. The van der Waals surface area contributed by atoms with Crippen molar-refractivity contribution in [2.45, 2.75) is 0 Å². The lowest BCUT2D eigenvalue weighted by Crippen LogP contribution is -1.99. The molecule has 78 valence electrons. The second kappa shape index (κ2) is 3.54. The lowest BCUT2D eigenvalue weighted by molar-refractivity contribution is 1.41. The SMILES string of the molecule is O=c1cc2sc3ccccc3nc-2c(Cl)c1. The van der Waals surface area contributed by atoms with Crippen LogP contribution in [0.4, 0.5) is 0 Å². The van der Waals surface area contributed by atoms with E-state index in [1.165, 1.54) is 17.4 Å². The van der Waals surface area contributed by atoms with E-state index in [-0.39, 0.29) is 5.43 Å². The predicted molar refractivity (Wildman–Crippen MR) is 67.5 cm³/mol. The van der Waals surface area contributed by atoms with Crippen molar-refractivity contribution in [1.82, 2.24) is 4.98 Å². The van der Waals surface area contributed by atoms with Crippen molar-refractivity contribution in [1.29, 1.82) is 0 Å². The van der Waals surface area contributed by atoms with E-state index >= 15 is 0 Å². The zero-order valence-corrected chi connectivity index (χ0v) is 9.68. The Morgan fingerprint density at radius 3 is 2.88 bits per heavy atom. The zero-order valence-electron chi connectivity index (χ0n) is 8.11. The molecule has 3 rings (SSSR count). The number of hydrogen-bond acceptors (Lipinski definition) is 3. The third-order valence-electron chi connectivity index (χ3n) is 2.32. The van der Waals surface area contributed by atoms with Gasteiger partial charge >= 0.3 is 0 Å². The third kappa shape index (κ3) is 1.49. The van der Waals surface area contributed by atoms with Gasteiger partial charge in [0.25, 0.3) is 0 Å². The number of para-hydroxylation sites is 1. The zero-order chi connectivity index (χ0) is 11.1. The highest BCUT2D eigenvalue weighted by atomic mass is 35.5. The Balaban J connectivity index is 2.52. The monoisotopic (exact) mass is 247 g/mol. The Morgan fingerprint density at radius 1 is 1.19 bits per heavy atom. The summed E-state index contributed by atoms with van der Waals surface area (Å²) in [6, 6.07) is 10.8. The van der Waals surface area contributed by atoms with Gasteiger partial charge in [0.1, 0.15) is 0 Å². The highest BCUT2D eigenvalue weighted by Gasteiger charge is 2.11. The van der Waals surface area contributed by atoms with Gasteiger partial charge in [0.2, 0.25) is 0 Å². The molecule has 0 fully saturated rings. The van der Waals surface area contributed by atoms with E-state index in [4.69, 9.17) is 11.6 Å². The molecule has 1 aliphatic carbocycles. The van der Waals surface area contributed by atoms with Crippen LogP contribution in [0.2, 0.25) is 5.02 Å². The summed E-state index contributed by atoms with van der Waals surface area (Å²) in [6.07, 6.45) is 0. The Kier molecular flexibility index (Phi) is 2.16. The van der Waals surface area contributed by atoms with Gasteiger partial charge in [-0.3, -0.25) is 4.79 Å². The van der Waals surface area contributed by atoms with E-state index in [1.54, 1.807) is 6.07 Å². The van der Waals surface area contributed by atoms with Gasteiger partial charge < -0.3 is 0 Å². The molecule has 0 saturated heterocycles. The molecule has 2 aliphatic rings. The maximum absolute atomic E-state index is 11.3. The number of rotatable bonds is 0. The van der Waals surface area contributed by atoms with Gasteiger partial charge in [0.05, 0.1) is 25.8 Å². The fraction of sp³-hybridized carbons (Fsp3) is 0. The summed E-state index contributed by atoms with van der Waals surface area (Å²) in [7, 11) is 0. The first-order valence-electron chi connectivity index (χ1n) is 4.73. The quantitative estimate of drug-likeness (QED) is 0.570. The van der Waals surface area contributed by atoms with Crippen LogP contribution >= 0.6 is 22.9 Å². The van der Waals surface area contributed by atoms with Crippen molar-refractivity contribution in [2.24, 2.45) is 0 Å². The summed E-state index contributed by atoms with van der Waals surface area (Å²) in [5.74, 6) is 0. The van der Waals surface area contributed by atoms with Gasteiger partial charge in [-0.25, -0.2) is 4.98 Å². The molecule has 0 amide bonds. The first-order chi connectivity index (χ1) is 7.74. The van der Waals surface area contributed by atoms with E-state index in [0.717, 1.165) is 15.1 Å². The molecule has 0 saturated carbocycles. The number of aromatic nitrogens is 1. The van der Waals surface area contributed by atoms with Crippen molar-refractivity contribution >= 4 is 33.2 Å². The van der Waals surface area contributed by atoms with Gasteiger partial charge in [0, 0.05) is 12.1 Å². The molecule has 1 heterocycles. The molecule has 1 aliphatic heterocycles. The number of fused-ring (bicyclic) bond motifs is 2. The molecule has 0 aromatic heterocycles. The summed E-state index contributed by atoms with van der Waals surface area (Å²) in [6.45, 7) is 0. The summed E-state index contributed by atoms with van der Waals surface area (Å²) in [5, 5.41) is 0.421. The average Bonchev–Trinajstić information content (AvgIpc) is 2.27. The third-order valence-corrected chi connectivity index (χ3v) is 3.70. The minimum atomic E-state index is -0.0779. The van der Waals surface area contributed by atoms with Crippen LogP contribution in [0.15, 0.2) is 41.2 Å². The molecule has 16 heavy (non-hydrogen) atoms. The molecule has 0 N–H and O–H groups in total. The molecular weight excluding hydrogens is 242 g/mol. The van der Waals surface area contributed by atoms with Crippen molar-refractivity contribution in [2.75, 3.05) is 0 Å². The Bertz CT molecular complexity index is 707. The fourth-order valence-corrected chi connectivity index (χ4v) is 2.95. The molecule has 4 heteroatoms. The standard InChI is InChI=1S/C12H6ClNOS/c13-8-5-7(15)6-11-12(8)14-9-3-1-2-4-10(9)16-11/h1-6H. The van der Waals surface area contributed by atoms with Gasteiger partial charge in [0.15, 0.2) is 5.43 Å². The first-order valence-corrected chi connectivity index (χ1v) is 5.93. The highest BCUT2D eigenvalue weighted by molar-refractivity contribution is 7.21. The molecule has 1 aromatic rings. The van der Waals surface area contributed by atoms with Crippen molar-refractivity contribution in [3.8, 4) is 10.6 Å². The summed E-state index contributed by atoms with van der Waals surface area (Å²) in [5.41, 5.74) is 1.52. The van der Waals surface area contributed by atoms with Gasteiger partial charge in [-0.05, 0) is 12.1 Å². The number of benzene rings is 2. The van der Waals surface area contributed by atoms with Crippen LogP contribution < -0.4 is 5.43 Å². The molecule has 0 unspecified atom stereocenters. The van der Waals surface area contributed by atoms with E-state index in [2.05, 4.69) is 4.98 Å². The lowest BCUT2D eigenvalue weighted by atomic mass is 10.2. The maximum Gasteiger partial charge on any atom is 0.181 e. The maximum atomic E-state index is 11.3. The Hall–Kier alpha value is -1.45.